The molecule has 19 heavy (non-hydrogen) atoms. The third kappa shape index (κ3) is 3.37. The van der Waals surface area contributed by atoms with E-state index in [0.717, 1.165) is 11.3 Å². The summed E-state index contributed by atoms with van der Waals surface area (Å²) in [5.74, 6) is -0.306. The molecule has 0 saturated carbocycles. The van der Waals surface area contributed by atoms with Crippen molar-refractivity contribution in [1.29, 1.82) is 0 Å². The molecule has 2 amide bonds. The number of pyridine rings is 1. The van der Waals surface area contributed by atoms with E-state index in [1.54, 1.807) is 13.2 Å². The third-order valence-electron chi connectivity index (χ3n) is 2.90. The first-order chi connectivity index (χ1) is 9.06. The third-order valence-corrected chi connectivity index (χ3v) is 2.90. The van der Waals surface area contributed by atoms with E-state index in [9.17, 15) is 9.59 Å². The van der Waals surface area contributed by atoms with E-state index in [2.05, 4.69) is 15.4 Å². The van der Waals surface area contributed by atoms with E-state index < -0.39 is 0 Å². The fourth-order valence-electron chi connectivity index (χ4n) is 1.72. The summed E-state index contributed by atoms with van der Waals surface area (Å²) in [7, 11) is 1.55. The number of aromatic nitrogens is 1. The highest BCUT2D eigenvalue weighted by atomic mass is 16.2. The lowest BCUT2D eigenvalue weighted by atomic mass is 10.1. The number of nitrogens with zero attached hydrogens (tertiary/aromatic N) is 3. The minimum Gasteiger partial charge on any atom is -0.347 e. The van der Waals surface area contributed by atoms with E-state index in [1.165, 1.54) is 5.01 Å². The molecule has 100 valence electrons. The zero-order valence-electron chi connectivity index (χ0n) is 11.0. The number of amides is 2. The Balaban J connectivity index is 1.93. The van der Waals surface area contributed by atoms with Crippen LogP contribution in [0.25, 0.3) is 0 Å². The van der Waals surface area contributed by atoms with Gasteiger partial charge < -0.3 is 5.32 Å². The molecule has 6 heteroatoms. The molecule has 0 aliphatic carbocycles. The largest absolute Gasteiger partial charge is 0.347 e. The van der Waals surface area contributed by atoms with Crippen molar-refractivity contribution in [2.75, 3.05) is 7.05 Å². The molecule has 1 aromatic heterocycles. The van der Waals surface area contributed by atoms with E-state index >= 15 is 0 Å². The van der Waals surface area contributed by atoms with Crippen molar-refractivity contribution in [1.82, 2.24) is 15.3 Å². The predicted molar refractivity (Wildman–Crippen MR) is 70.3 cm³/mol. The molecular weight excluding hydrogens is 244 g/mol. The summed E-state index contributed by atoms with van der Waals surface area (Å²) in [6.45, 7) is 2.31. The van der Waals surface area contributed by atoms with Gasteiger partial charge >= 0.3 is 0 Å². The fourth-order valence-corrected chi connectivity index (χ4v) is 1.72. The van der Waals surface area contributed by atoms with Gasteiger partial charge in [-0.3, -0.25) is 14.6 Å². The van der Waals surface area contributed by atoms with Crippen molar-refractivity contribution in [3.05, 3.63) is 29.6 Å². The first-order valence-electron chi connectivity index (χ1n) is 6.10. The Morgan fingerprint density at radius 3 is 2.84 bits per heavy atom. The van der Waals surface area contributed by atoms with E-state index in [0.29, 0.717) is 25.1 Å². The Bertz CT molecular complexity index is 522. The minimum atomic E-state index is -0.236. The molecule has 0 radical (unpaired) electrons. The van der Waals surface area contributed by atoms with E-state index in [-0.39, 0.29) is 11.8 Å². The maximum atomic E-state index is 11.9. The zero-order chi connectivity index (χ0) is 13.8. The Morgan fingerprint density at radius 2 is 2.21 bits per heavy atom. The lowest BCUT2D eigenvalue weighted by Gasteiger charge is -2.18. The number of rotatable bonds is 3. The van der Waals surface area contributed by atoms with Gasteiger partial charge in [-0.15, -0.1) is 0 Å². The molecule has 0 bridgehead atoms. The summed E-state index contributed by atoms with van der Waals surface area (Å²) < 4.78 is 0. The molecule has 1 aromatic rings. The van der Waals surface area contributed by atoms with Crippen molar-refractivity contribution < 1.29 is 9.59 Å². The summed E-state index contributed by atoms with van der Waals surface area (Å²) in [5.41, 5.74) is 2.26. The van der Waals surface area contributed by atoms with Crippen LogP contribution in [0.3, 0.4) is 0 Å². The van der Waals surface area contributed by atoms with Crippen LogP contribution in [0.2, 0.25) is 0 Å². The molecule has 0 saturated heterocycles. The van der Waals surface area contributed by atoms with Gasteiger partial charge in [0, 0.05) is 38.3 Å². The van der Waals surface area contributed by atoms with Gasteiger partial charge in [0.25, 0.3) is 5.91 Å². The van der Waals surface area contributed by atoms with Gasteiger partial charge in [-0.25, -0.2) is 5.01 Å². The Kier molecular flexibility index (Phi) is 3.89. The highest BCUT2D eigenvalue weighted by Gasteiger charge is 2.21. The molecule has 0 fully saturated rings. The lowest BCUT2D eigenvalue weighted by molar-refractivity contribution is -0.130. The molecule has 2 heterocycles. The average Bonchev–Trinajstić information content (AvgIpc) is 2.41. The first kappa shape index (κ1) is 13.2. The van der Waals surface area contributed by atoms with Gasteiger partial charge in [0.05, 0.1) is 0 Å². The van der Waals surface area contributed by atoms with Crippen molar-refractivity contribution in [3.8, 4) is 0 Å². The van der Waals surface area contributed by atoms with Gasteiger partial charge in [-0.05, 0) is 18.6 Å². The summed E-state index contributed by atoms with van der Waals surface area (Å²) in [4.78, 5) is 27.3. The van der Waals surface area contributed by atoms with Gasteiger partial charge in [-0.2, -0.15) is 5.10 Å². The van der Waals surface area contributed by atoms with Crippen LogP contribution in [0.4, 0.5) is 0 Å². The van der Waals surface area contributed by atoms with E-state index in [1.807, 2.05) is 19.1 Å². The van der Waals surface area contributed by atoms with Crippen LogP contribution in [0.1, 0.15) is 24.1 Å². The normalized spacial score (nSPS) is 15.2. The molecule has 0 atom stereocenters. The number of nitrogens with one attached hydrogen (secondary N) is 1. The van der Waals surface area contributed by atoms with Crippen molar-refractivity contribution in [2.45, 2.75) is 26.3 Å². The molecule has 1 aliphatic rings. The smallest absolute Gasteiger partial charge is 0.267 e. The quantitative estimate of drug-likeness (QED) is 0.865. The Morgan fingerprint density at radius 1 is 1.42 bits per heavy atom. The summed E-state index contributed by atoms with van der Waals surface area (Å²) in [6, 6.07) is 3.81. The number of aryl methyl sites for hydroxylation is 1. The standard InChI is InChI=1S/C13H16N4O2/c1-9-3-4-10(7-14-9)8-15-13(19)11-5-6-12(18)17(2)16-11/h3-4,7H,5-6,8H2,1-2H3,(H,15,19). The van der Waals surface area contributed by atoms with Crippen molar-refractivity contribution in [3.63, 3.8) is 0 Å². The molecule has 1 aliphatic heterocycles. The number of carbonyl (C=O) groups is 2. The minimum absolute atomic E-state index is 0.0701. The van der Waals surface area contributed by atoms with Gasteiger partial charge in [0.2, 0.25) is 5.91 Å². The van der Waals surface area contributed by atoms with Gasteiger partial charge in [-0.1, -0.05) is 6.07 Å². The molecule has 0 aromatic carbocycles. The summed E-state index contributed by atoms with van der Waals surface area (Å²) >= 11 is 0. The zero-order valence-corrected chi connectivity index (χ0v) is 11.0. The predicted octanol–water partition coefficient (Wildman–Crippen LogP) is 0.614. The number of hydrazone groups is 1. The fraction of sp³-hybridized carbons (Fsp3) is 0.385. The maximum Gasteiger partial charge on any atom is 0.267 e. The van der Waals surface area contributed by atoms with Crippen LogP contribution in [0.5, 0.6) is 0 Å². The first-order valence-corrected chi connectivity index (χ1v) is 6.10. The molecule has 1 N–H and O–H groups in total. The highest BCUT2D eigenvalue weighted by Crippen LogP contribution is 2.07. The van der Waals surface area contributed by atoms with Crippen molar-refractivity contribution >= 4 is 17.5 Å². The SMILES string of the molecule is Cc1ccc(CNC(=O)C2=NN(C)C(=O)CC2)cn1. The molecule has 2 rings (SSSR count). The second-order valence-corrected chi connectivity index (χ2v) is 4.45. The summed E-state index contributed by atoms with van der Waals surface area (Å²) in [6.07, 6.45) is 2.45. The lowest BCUT2D eigenvalue weighted by Crippen LogP contribution is -2.37. The molecule has 0 unspecified atom stereocenters. The monoisotopic (exact) mass is 260 g/mol. The highest BCUT2D eigenvalue weighted by molar-refractivity contribution is 6.39. The number of carbonyl (C=O) groups excluding carboxylic acids is 2. The molecule has 6 nitrogen and oxygen atoms in total. The van der Waals surface area contributed by atoms with Crippen LogP contribution in [0.15, 0.2) is 23.4 Å². The van der Waals surface area contributed by atoms with Crippen LogP contribution in [0, 0.1) is 6.92 Å². The number of hydrogen-bond donors (Lipinski definition) is 1. The number of hydrogen-bond acceptors (Lipinski definition) is 4. The Labute approximate surface area is 111 Å². The Hall–Kier alpha value is -2.24. The van der Waals surface area contributed by atoms with E-state index in [4.69, 9.17) is 0 Å². The van der Waals surface area contributed by atoms with Crippen molar-refractivity contribution in [2.24, 2.45) is 5.10 Å². The molecule has 0 spiro atoms. The van der Waals surface area contributed by atoms with Gasteiger partial charge in [0.15, 0.2) is 0 Å². The van der Waals surface area contributed by atoms with Crippen LogP contribution < -0.4 is 5.32 Å². The second-order valence-electron chi connectivity index (χ2n) is 4.45. The topological polar surface area (TPSA) is 74.7 Å². The average molecular weight is 260 g/mol. The molecular formula is C13H16N4O2. The summed E-state index contributed by atoms with van der Waals surface area (Å²) in [5, 5.41) is 7.95. The van der Waals surface area contributed by atoms with Crippen LogP contribution in [-0.4, -0.2) is 34.6 Å². The van der Waals surface area contributed by atoms with Gasteiger partial charge in [0.1, 0.15) is 5.71 Å². The second kappa shape index (κ2) is 5.60. The van der Waals surface area contributed by atoms with Crippen LogP contribution >= 0.6 is 0 Å². The maximum absolute atomic E-state index is 11.9. The van der Waals surface area contributed by atoms with Crippen LogP contribution in [-0.2, 0) is 16.1 Å².